The molecule has 0 unspecified atom stereocenters. The molecule has 2 rings (SSSR count). The van der Waals surface area contributed by atoms with Crippen LogP contribution in [0.25, 0.3) is 0 Å². The zero-order valence-electron chi connectivity index (χ0n) is 11.8. The third-order valence-corrected chi connectivity index (χ3v) is 3.22. The monoisotopic (exact) mass is 299 g/mol. The predicted molar refractivity (Wildman–Crippen MR) is 88.5 cm³/mol. The number of rotatable bonds is 5. The molecule has 0 saturated heterocycles. The average Bonchev–Trinajstić information content (AvgIpc) is 2.48. The SMILES string of the molecule is Cc1cncc(C(=O)N(CCC(N)=S)c2ccccc2)c1. The van der Waals surface area contributed by atoms with Crippen LogP contribution in [0.4, 0.5) is 5.69 Å². The third kappa shape index (κ3) is 4.10. The average molecular weight is 299 g/mol. The van der Waals surface area contributed by atoms with Crippen LogP contribution in [0.3, 0.4) is 0 Å². The van der Waals surface area contributed by atoms with Gasteiger partial charge in [0.05, 0.1) is 10.6 Å². The molecule has 4 nitrogen and oxygen atoms in total. The number of aromatic nitrogens is 1. The summed E-state index contributed by atoms with van der Waals surface area (Å²) in [4.78, 5) is 18.9. The fourth-order valence-corrected chi connectivity index (χ4v) is 2.10. The number of hydrogen-bond donors (Lipinski definition) is 1. The Morgan fingerprint density at radius 1 is 1.29 bits per heavy atom. The van der Waals surface area contributed by atoms with Crippen molar-refractivity contribution in [2.75, 3.05) is 11.4 Å². The largest absolute Gasteiger partial charge is 0.393 e. The maximum Gasteiger partial charge on any atom is 0.259 e. The van der Waals surface area contributed by atoms with Crippen LogP contribution >= 0.6 is 12.2 Å². The van der Waals surface area contributed by atoms with Crippen molar-refractivity contribution in [1.29, 1.82) is 0 Å². The van der Waals surface area contributed by atoms with Crippen LogP contribution in [-0.2, 0) is 0 Å². The lowest BCUT2D eigenvalue weighted by atomic mass is 10.1. The summed E-state index contributed by atoms with van der Waals surface area (Å²) < 4.78 is 0. The Morgan fingerprint density at radius 2 is 2.00 bits per heavy atom. The number of para-hydroxylation sites is 1. The first-order valence-corrected chi connectivity index (χ1v) is 7.05. The number of amides is 1. The van der Waals surface area contributed by atoms with Gasteiger partial charge in [0.25, 0.3) is 5.91 Å². The quantitative estimate of drug-likeness (QED) is 0.862. The maximum absolute atomic E-state index is 12.7. The van der Waals surface area contributed by atoms with Gasteiger partial charge in [-0.3, -0.25) is 9.78 Å². The Hall–Kier alpha value is -2.27. The van der Waals surface area contributed by atoms with Crippen molar-refractivity contribution in [2.45, 2.75) is 13.3 Å². The van der Waals surface area contributed by atoms with Gasteiger partial charge in [0, 0.05) is 31.0 Å². The van der Waals surface area contributed by atoms with Crippen LogP contribution in [0, 0.1) is 6.92 Å². The number of nitrogens with zero attached hydrogens (tertiary/aromatic N) is 2. The fraction of sp³-hybridized carbons (Fsp3) is 0.188. The van der Waals surface area contributed by atoms with Gasteiger partial charge < -0.3 is 10.6 Å². The molecule has 2 N–H and O–H groups in total. The molecule has 1 heterocycles. The van der Waals surface area contributed by atoms with E-state index in [2.05, 4.69) is 4.98 Å². The molecule has 1 aromatic carbocycles. The summed E-state index contributed by atoms with van der Waals surface area (Å²) >= 11 is 4.92. The van der Waals surface area contributed by atoms with Crippen molar-refractivity contribution < 1.29 is 4.79 Å². The molecule has 1 aromatic heterocycles. The number of thiocarbonyl (C=S) groups is 1. The summed E-state index contributed by atoms with van der Waals surface area (Å²) in [5, 5.41) is 0. The Balaban J connectivity index is 2.30. The normalized spacial score (nSPS) is 10.1. The molecule has 0 radical (unpaired) electrons. The number of hydrogen-bond acceptors (Lipinski definition) is 3. The molecule has 1 amide bonds. The topological polar surface area (TPSA) is 59.2 Å². The molecule has 108 valence electrons. The molecular weight excluding hydrogens is 282 g/mol. The van der Waals surface area contributed by atoms with Gasteiger partial charge in [-0.05, 0) is 30.7 Å². The molecule has 0 spiro atoms. The van der Waals surface area contributed by atoms with Crippen molar-refractivity contribution in [1.82, 2.24) is 4.98 Å². The van der Waals surface area contributed by atoms with Gasteiger partial charge in [-0.2, -0.15) is 0 Å². The first-order valence-electron chi connectivity index (χ1n) is 6.65. The fourth-order valence-electron chi connectivity index (χ4n) is 2.01. The van der Waals surface area contributed by atoms with Gasteiger partial charge in [0.2, 0.25) is 0 Å². The molecule has 0 aliphatic rings. The highest BCUT2D eigenvalue weighted by molar-refractivity contribution is 7.80. The van der Waals surface area contributed by atoms with E-state index in [0.29, 0.717) is 23.5 Å². The second kappa shape index (κ2) is 6.95. The summed E-state index contributed by atoms with van der Waals surface area (Å²) in [6.07, 6.45) is 3.78. The first kappa shape index (κ1) is 15.1. The van der Waals surface area contributed by atoms with Crippen LogP contribution in [0.1, 0.15) is 22.3 Å². The molecule has 2 aromatic rings. The Kier molecular flexibility index (Phi) is 5.00. The summed E-state index contributed by atoms with van der Waals surface area (Å²) in [5.41, 5.74) is 7.89. The summed E-state index contributed by atoms with van der Waals surface area (Å²) in [5.74, 6) is -0.103. The molecule has 0 saturated carbocycles. The van der Waals surface area contributed by atoms with E-state index in [9.17, 15) is 4.79 Å². The minimum Gasteiger partial charge on any atom is -0.393 e. The number of aryl methyl sites for hydroxylation is 1. The van der Waals surface area contributed by atoms with E-state index in [-0.39, 0.29) is 5.91 Å². The number of carbonyl (C=O) groups is 1. The zero-order valence-corrected chi connectivity index (χ0v) is 12.6. The van der Waals surface area contributed by atoms with E-state index in [1.807, 2.05) is 43.3 Å². The molecular formula is C16H17N3OS. The summed E-state index contributed by atoms with van der Waals surface area (Å²) in [6.45, 7) is 2.36. The van der Waals surface area contributed by atoms with Crippen LogP contribution in [0.15, 0.2) is 48.8 Å². The van der Waals surface area contributed by atoms with E-state index in [4.69, 9.17) is 18.0 Å². The van der Waals surface area contributed by atoms with Crippen LogP contribution in [0.2, 0.25) is 0 Å². The van der Waals surface area contributed by atoms with Gasteiger partial charge in [0.1, 0.15) is 0 Å². The maximum atomic E-state index is 12.7. The minimum absolute atomic E-state index is 0.103. The molecule has 0 atom stereocenters. The molecule has 0 aliphatic carbocycles. The van der Waals surface area contributed by atoms with Crippen LogP contribution in [-0.4, -0.2) is 22.4 Å². The molecule has 0 fully saturated rings. The number of nitrogens with two attached hydrogens (primary N) is 1. The molecule has 5 heteroatoms. The second-order valence-electron chi connectivity index (χ2n) is 4.76. The van der Waals surface area contributed by atoms with Crippen molar-refractivity contribution in [3.05, 3.63) is 59.9 Å². The minimum atomic E-state index is -0.103. The van der Waals surface area contributed by atoms with Gasteiger partial charge in [-0.15, -0.1) is 0 Å². The molecule has 0 bridgehead atoms. The van der Waals surface area contributed by atoms with Gasteiger partial charge in [-0.25, -0.2) is 0 Å². The third-order valence-electron chi connectivity index (χ3n) is 3.02. The second-order valence-corrected chi connectivity index (χ2v) is 5.28. The number of anilines is 1. The lowest BCUT2D eigenvalue weighted by molar-refractivity contribution is 0.0987. The Bertz CT molecular complexity index is 643. The number of carbonyl (C=O) groups excluding carboxylic acids is 1. The van der Waals surface area contributed by atoms with E-state index in [1.165, 1.54) is 0 Å². The molecule has 0 aliphatic heterocycles. The highest BCUT2D eigenvalue weighted by Crippen LogP contribution is 2.17. The van der Waals surface area contributed by atoms with Crippen LogP contribution < -0.4 is 10.6 Å². The summed E-state index contributed by atoms with van der Waals surface area (Å²) in [7, 11) is 0. The Morgan fingerprint density at radius 3 is 2.62 bits per heavy atom. The lowest BCUT2D eigenvalue weighted by Gasteiger charge is -2.22. The standard InChI is InChI=1S/C16H17N3OS/c1-12-9-13(11-18-10-12)16(20)19(8-7-15(17)21)14-5-3-2-4-6-14/h2-6,9-11H,7-8H2,1H3,(H2,17,21). The first-order chi connectivity index (χ1) is 10.1. The van der Waals surface area contributed by atoms with E-state index >= 15 is 0 Å². The highest BCUT2D eigenvalue weighted by Gasteiger charge is 2.18. The van der Waals surface area contributed by atoms with E-state index < -0.39 is 0 Å². The predicted octanol–water partition coefficient (Wildman–Crippen LogP) is 2.71. The van der Waals surface area contributed by atoms with Gasteiger partial charge >= 0.3 is 0 Å². The van der Waals surface area contributed by atoms with Crippen LogP contribution in [0.5, 0.6) is 0 Å². The van der Waals surface area contributed by atoms with Gasteiger partial charge in [-0.1, -0.05) is 30.4 Å². The van der Waals surface area contributed by atoms with E-state index in [1.54, 1.807) is 17.3 Å². The van der Waals surface area contributed by atoms with Crippen molar-refractivity contribution in [2.24, 2.45) is 5.73 Å². The summed E-state index contributed by atoms with van der Waals surface area (Å²) in [6, 6.07) is 11.3. The number of benzene rings is 1. The lowest BCUT2D eigenvalue weighted by Crippen LogP contribution is -2.33. The highest BCUT2D eigenvalue weighted by atomic mass is 32.1. The zero-order chi connectivity index (χ0) is 15.2. The smallest absolute Gasteiger partial charge is 0.259 e. The van der Waals surface area contributed by atoms with Crippen molar-refractivity contribution >= 4 is 28.8 Å². The van der Waals surface area contributed by atoms with E-state index in [0.717, 1.165) is 11.3 Å². The van der Waals surface area contributed by atoms with Gasteiger partial charge in [0.15, 0.2) is 0 Å². The van der Waals surface area contributed by atoms with Crippen molar-refractivity contribution in [3.8, 4) is 0 Å². The number of pyridine rings is 1. The van der Waals surface area contributed by atoms with Crippen molar-refractivity contribution in [3.63, 3.8) is 0 Å². The molecule has 21 heavy (non-hydrogen) atoms. The Labute approximate surface area is 129 Å².